The maximum Gasteiger partial charge on any atom is 0.238 e. The summed E-state index contributed by atoms with van der Waals surface area (Å²) in [7, 11) is 0. The molecule has 1 amide bonds. The van der Waals surface area contributed by atoms with Crippen LogP contribution in [0.5, 0.6) is 0 Å². The second-order valence-corrected chi connectivity index (χ2v) is 9.54. The van der Waals surface area contributed by atoms with Gasteiger partial charge in [-0.05, 0) is 41.0 Å². The summed E-state index contributed by atoms with van der Waals surface area (Å²) >= 11 is 3.18. The van der Waals surface area contributed by atoms with Crippen molar-refractivity contribution in [1.82, 2.24) is 20.2 Å². The lowest BCUT2D eigenvalue weighted by atomic mass is 10.1. The van der Waals surface area contributed by atoms with E-state index in [-0.39, 0.29) is 23.8 Å². The second-order valence-electron chi connectivity index (χ2n) is 7.54. The molecule has 1 aromatic heterocycles. The summed E-state index contributed by atoms with van der Waals surface area (Å²) in [6, 6.07) is 18.4. The lowest BCUT2D eigenvalue weighted by Crippen LogP contribution is -2.39. The van der Waals surface area contributed by atoms with E-state index in [9.17, 15) is 4.79 Å². The standard InChI is InChI=1S/C22H23N5O2S2/c28-21(15-31-22-23-24-25-26(22)13-17-9-6-12-29-17)27-18-10-4-5-11-20(18)30-14-19(27)16-7-2-1-3-8-16/h1-5,7-8,10-11,17,19H,6,9,12-15H2/t17-,19+/m0/s1. The highest BCUT2D eigenvalue weighted by Gasteiger charge is 2.32. The Hall–Kier alpha value is -2.36. The van der Waals surface area contributed by atoms with E-state index in [1.165, 1.54) is 11.8 Å². The van der Waals surface area contributed by atoms with E-state index in [0.717, 1.165) is 41.3 Å². The summed E-state index contributed by atoms with van der Waals surface area (Å²) in [6.07, 6.45) is 2.23. The number of para-hydroxylation sites is 1. The van der Waals surface area contributed by atoms with E-state index in [1.54, 1.807) is 16.4 Å². The zero-order valence-corrected chi connectivity index (χ0v) is 18.6. The third-order valence-electron chi connectivity index (χ3n) is 5.51. The molecule has 7 nitrogen and oxygen atoms in total. The molecule has 0 bridgehead atoms. The van der Waals surface area contributed by atoms with Crippen LogP contribution >= 0.6 is 23.5 Å². The van der Waals surface area contributed by atoms with E-state index in [1.807, 2.05) is 41.3 Å². The van der Waals surface area contributed by atoms with Gasteiger partial charge in [0.15, 0.2) is 0 Å². The molecule has 2 aliphatic rings. The summed E-state index contributed by atoms with van der Waals surface area (Å²) < 4.78 is 7.45. The van der Waals surface area contributed by atoms with Crippen LogP contribution in [0.25, 0.3) is 0 Å². The lowest BCUT2D eigenvalue weighted by molar-refractivity contribution is -0.116. The van der Waals surface area contributed by atoms with Gasteiger partial charge in [-0.3, -0.25) is 4.79 Å². The SMILES string of the molecule is O=C(CSc1nnnn1C[C@@H]1CCCO1)N1c2ccccc2SC[C@@H]1c1ccccc1. The highest BCUT2D eigenvalue weighted by Crippen LogP contribution is 2.43. The zero-order chi connectivity index (χ0) is 21.0. The summed E-state index contributed by atoms with van der Waals surface area (Å²) in [5, 5.41) is 12.7. The minimum absolute atomic E-state index is 0.00270. The first-order chi connectivity index (χ1) is 15.3. The molecule has 0 spiro atoms. The Morgan fingerprint density at radius 3 is 2.84 bits per heavy atom. The van der Waals surface area contributed by atoms with Crippen LogP contribution < -0.4 is 4.90 Å². The molecule has 0 saturated carbocycles. The summed E-state index contributed by atoms with van der Waals surface area (Å²) in [6.45, 7) is 1.42. The number of ether oxygens (including phenoxy) is 1. The first-order valence-corrected chi connectivity index (χ1v) is 12.4. The van der Waals surface area contributed by atoms with Gasteiger partial charge in [0.2, 0.25) is 11.1 Å². The second kappa shape index (κ2) is 9.42. The maximum atomic E-state index is 13.5. The highest BCUT2D eigenvalue weighted by atomic mass is 32.2. The number of aromatic nitrogens is 4. The monoisotopic (exact) mass is 453 g/mol. The van der Waals surface area contributed by atoms with Crippen LogP contribution in [0.4, 0.5) is 5.69 Å². The minimum atomic E-state index is -0.00270. The minimum Gasteiger partial charge on any atom is -0.376 e. The van der Waals surface area contributed by atoms with Crippen molar-refractivity contribution in [2.45, 2.75) is 41.6 Å². The lowest BCUT2D eigenvalue weighted by Gasteiger charge is -2.37. The topological polar surface area (TPSA) is 73.1 Å². The third kappa shape index (κ3) is 4.49. The van der Waals surface area contributed by atoms with Gasteiger partial charge in [-0.1, -0.05) is 54.2 Å². The largest absolute Gasteiger partial charge is 0.376 e. The molecule has 1 saturated heterocycles. The van der Waals surface area contributed by atoms with Gasteiger partial charge in [0, 0.05) is 17.3 Å². The molecule has 2 aliphatic heterocycles. The van der Waals surface area contributed by atoms with Gasteiger partial charge in [0.1, 0.15) is 0 Å². The molecule has 5 rings (SSSR count). The average molecular weight is 454 g/mol. The van der Waals surface area contributed by atoms with Gasteiger partial charge in [0.25, 0.3) is 0 Å². The van der Waals surface area contributed by atoms with Gasteiger partial charge >= 0.3 is 0 Å². The molecule has 31 heavy (non-hydrogen) atoms. The first-order valence-electron chi connectivity index (χ1n) is 10.4. The van der Waals surface area contributed by atoms with E-state index in [2.05, 4.69) is 33.7 Å². The number of anilines is 1. The van der Waals surface area contributed by atoms with Crippen molar-refractivity contribution in [3.05, 3.63) is 60.2 Å². The Morgan fingerprint density at radius 1 is 1.16 bits per heavy atom. The molecular formula is C22H23N5O2S2. The Morgan fingerprint density at radius 2 is 2.00 bits per heavy atom. The number of nitrogens with zero attached hydrogens (tertiary/aromatic N) is 5. The van der Waals surface area contributed by atoms with Crippen LogP contribution in [0.15, 0.2) is 64.6 Å². The zero-order valence-electron chi connectivity index (χ0n) is 17.0. The highest BCUT2D eigenvalue weighted by molar-refractivity contribution is 8.00. The summed E-state index contributed by atoms with van der Waals surface area (Å²) in [5.74, 6) is 1.15. The molecule has 2 atom stereocenters. The van der Waals surface area contributed by atoms with Crippen molar-refractivity contribution in [3.63, 3.8) is 0 Å². The predicted molar refractivity (Wildman–Crippen MR) is 121 cm³/mol. The van der Waals surface area contributed by atoms with Gasteiger partial charge in [-0.2, -0.15) is 0 Å². The van der Waals surface area contributed by atoms with Gasteiger partial charge < -0.3 is 9.64 Å². The van der Waals surface area contributed by atoms with Crippen LogP contribution in [0.3, 0.4) is 0 Å². The number of hydrogen-bond donors (Lipinski definition) is 0. The van der Waals surface area contributed by atoms with Gasteiger partial charge in [-0.25, -0.2) is 4.68 Å². The molecule has 3 heterocycles. The predicted octanol–water partition coefficient (Wildman–Crippen LogP) is 3.82. The molecule has 0 N–H and O–H groups in total. The number of hydrogen-bond acceptors (Lipinski definition) is 7. The smallest absolute Gasteiger partial charge is 0.238 e. The quantitative estimate of drug-likeness (QED) is 0.525. The van der Waals surface area contributed by atoms with E-state index < -0.39 is 0 Å². The Kier molecular flexibility index (Phi) is 6.24. The molecule has 0 aliphatic carbocycles. The molecule has 0 radical (unpaired) electrons. The van der Waals surface area contributed by atoms with Crippen LogP contribution in [0.1, 0.15) is 24.4 Å². The fourth-order valence-corrected chi connectivity index (χ4v) is 5.92. The number of carbonyl (C=O) groups excluding carboxylic acids is 1. The van der Waals surface area contributed by atoms with Crippen molar-refractivity contribution < 1.29 is 9.53 Å². The molecular weight excluding hydrogens is 430 g/mol. The van der Waals surface area contributed by atoms with Gasteiger partial charge in [0.05, 0.1) is 30.1 Å². The van der Waals surface area contributed by atoms with E-state index in [4.69, 9.17) is 4.74 Å². The van der Waals surface area contributed by atoms with Crippen molar-refractivity contribution in [2.24, 2.45) is 0 Å². The Balaban J connectivity index is 1.35. The number of carbonyl (C=O) groups is 1. The average Bonchev–Trinajstić information content (AvgIpc) is 3.50. The normalized spacial score (nSPS) is 20.6. The van der Waals surface area contributed by atoms with Crippen LogP contribution in [-0.4, -0.2) is 50.3 Å². The van der Waals surface area contributed by atoms with Crippen LogP contribution in [-0.2, 0) is 16.1 Å². The number of amides is 1. The van der Waals surface area contributed by atoms with Crippen LogP contribution in [0.2, 0.25) is 0 Å². The maximum absolute atomic E-state index is 13.5. The molecule has 2 aromatic carbocycles. The van der Waals surface area contributed by atoms with Crippen molar-refractivity contribution >= 4 is 35.1 Å². The fraction of sp³-hybridized carbons (Fsp3) is 0.364. The number of rotatable bonds is 6. The Bertz CT molecular complexity index is 1040. The molecule has 0 unspecified atom stereocenters. The molecule has 9 heteroatoms. The van der Waals surface area contributed by atoms with E-state index in [0.29, 0.717) is 11.7 Å². The van der Waals surface area contributed by atoms with Crippen molar-refractivity contribution in [3.8, 4) is 0 Å². The Labute approximate surface area is 189 Å². The number of benzene rings is 2. The number of tetrazole rings is 1. The van der Waals surface area contributed by atoms with Crippen LogP contribution in [0, 0.1) is 0 Å². The molecule has 1 fully saturated rings. The summed E-state index contributed by atoms with van der Waals surface area (Å²) in [5.41, 5.74) is 2.11. The van der Waals surface area contributed by atoms with Gasteiger partial charge in [-0.15, -0.1) is 16.9 Å². The number of fused-ring (bicyclic) bond motifs is 1. The van der Waals surface area contributed by atoms with Crippen molar-refractivity contribution in [2.75, 3.05) is 23.0 Å². The molecule has 160 valence electrons. The first kappa shape index (κ1) is 20.5. The fourth-order valence-electron chi connectivity index (χ4n) is 4.01. The number of thioether (sulfide) groups is 2. The van der Waals surface area contributed by atoms with E-state index >= 15 is 0 Å². The van der Waals surface area contributed by atoms with Crippen molar-refractivity contribution in [1.29, 1.82) is 0 Å². The third-order valence-corrected chi connectivity index (χ3v) is 7.59. The summed E-state index contributed by atoms with van der Waals surface area (Å²) in [4.78, 5) is 16.6. The molecule has 3 aromatic rings.